The molecule has 0 aromatic heterocycles. The fourth-order valence-electron chi connectivity index (χ4n) is 2.14. The second-order valence-corrected chi connectivity index (χ2v) is 4.97. The minimum Gasteiger partial charge on any atom is -0.406 e. The second-order valence-electron chi connectivity index (χ2n) is 4.97. The molecule has 21 heavy (non-hydrogen) atoms. The van der Waals surface area contributed by atoms with Gasteiger partial charge in [-0.15, -0.1) is 13.2 Å². The first-order valence-corrected chi connectivity index (χ1v) is 6.44. The minimum absolute atomic E-state index is 0.209. The van der Waals surface area contributed by atoms with E-state index in [1.54, 1.807) is 12.1 Å². The maximum absolute atomic E-state index is 12.3. The van der Waals surface area contributed by atoms with Gasteiger partial charge in [0.25, 0.3) is 0 Å². The third kappa shape index (κ3) is 4.49. The highest BCUT2D eigenvalue weighted by molar-refractivity contribution is 5.68. The zero-order valence-electron chi connectivity index (χ0n) is 11.8. The van der Waals surface area contributed by atoms with E-state index in [1.807, 2.05) is 43.3 Å². The summed E-state index contributed by atoms with van der Waals surface area (Å²) in [5.74, 6) is -0.209. The number of ether oxygens (including phenoxy) is 1. The van der Waals surface area contributed by atoms with Crippen LogP contribution in [0.2, 0.25) is 0 Å². The molecular weight excluding hydrogens is 279 g/mol. The van der Waals surface area contributed by atoms with Crippen LogP contribution in [0.1, 0.15) is 5.56 Å². The zero-order valence-corrected chi connectivity index (χ0v) is 11.8. The molecule has 0 amide bonds. The van der Waals surface area contributed by atoms with Crippen molar-refractivity contribution in [1.29, 1.82) is 0 Å². The summed E-state index contributed by atoms with van der Waals surface area (Å²) in [6, 6.07) is 13.7. The highest BCUT2D eigenvalue weighted by Crippen LogP contribution is 2.30. The Bertz CT molecular complexity index is 608. The van der Waals surface area contributed by atoms with Crippen LogP contribution in [0, 0.1) is 0 Å². The number of alkyl halides is 3. The fourth-order valence-corrected chi connectivity index (χ4v) is 2.14. The van der Waals surface area contributed by atoms with Gasteiger partial charge in [-0.3, -0.25) is 0 Å². The van der Waals surface area contributed by atoms with E-state index in [4.69, 9.17) is 0 Å². The summed E-state index contributed by atoms with van der Waals surface area (Å²) in [5.41, 5.74) is 2.65. The van der Waals surface area contributed by atoms with Crippen LogP contribution < -0.4 is 4.74 Å². The molecule has 0 bridgehead atoms. The Hall–Kier alpha value is -2.01. The van der Waals surface area contributed by atoms with Gasteiger partial charge in [0.1, 0.15) is 5.75 Å². The van der Waals surface area contributed by atoms with Crippen LogP contribution in [0.3, 0.4) is 0 Å². The molecule has 0 unspecified atom stereocenters. The van der Waals surface area contributed by atoms with E-state index in [0.29, 0.717) is 12.1 Å². The Kier molecular flexibility index (Phi) is 4.53. The molecule has 112 valence electrons. The van der Waals surface area contributed by atoms with Gasteiger partial charge in [0.15, 0.2) is 0 Å². The van der Waals surface area contributed by atoms with E-state index in [1.165, 1.54) is 12.1 Å². The van der Waals surface area contributed by atoms with Gasteiger partial charge >= 0.3 is 6.36 Å². The van der Waals surface area contributed by atoms with Crippen molar-refractivity contribution in [3.8, 4) is 16.9 Å². The van der Waals surface area contributed by atoms with Crippen LogP contribution in [0.5, 0.6) is 5.75 Å². The van der Waals surface area contributed by atoms with E-state index in [0.717, 1.165) is 11.1 Å². The molecule has 2 rings (SSSR count). The van der Waals surface area contributed by atoms with Gasteiger partial charge < -0.3 is 9.64 Å². The molecule has 2 aromatic carbocycles. The van der Waals surface area contributed by atoms with Crippen LogP contribution >= 0.6 is 0 Å². The molecule has 0 heterocycles. The van der Waals surface area contributed by atoms with Crippen molar-refractivity contribution in [2.45, 2.75) is 12.9 Å². The van der Waals surface area contributed by atoms with Crippen LogP contribution in [-0.4, -0.2) is 25.4 Å². The average Bonchev–Trinajstić information content (AvgIpc) is 2.37. The molecule has 0 aliphatic carbocycles. The average molecular weight is 295 g/mol. The summed E-state index contributed by atoms with van der Waals surface area (Å²) >= 11 is 0. The van der Waals surface area contributed by atoms with Crippen LogP contribution in [0.4, 0.5) is 13.2 Å². The topological polar surface area (TPSA) is 12.5 Å². The van der Waals surface area contributed by atoms with Gasteiger partial charge in [-0.1, -0.05) is 36.4 Å². The SMILES string of the molecule is CN(C)Cc1ccccc1-c1cccc(OC(F)(F)F)c1. The van der Waals surface area contributed by atoms with Crippen molar-refractivity contribution >= 4 is 0 Å². The van der Waals surface area contributed by atoms with Crippen molar-refractivity contribution in [3.05, 3.63) is 54.1 Å². The van der Waals surface area contributed by atoms with E-state index in [-0.39, 0.29) is 5.75 Å². The second kappa shape index (κ2) is 6.18. The molecule has 0 fully saturated rings. The molecule has 0 aliphatic heterocycles. The van der Waals surface area contributed by atoms with Crippen molar-refractivity contribution in [2.24, 2.45) is 0 Å². The number of nitrogens with zero attached hydrogens (tertiary/aromatic N) is 1. The van der Waals surface area contributed by atoms with Crippen molar-refractivity contribution in [3.63, 3.8) is 0 Å². The van der Waals surface area contributed by atoms with Crippen molar-refractivity contribution in [1.82, 2.24) is 4.90 Å². The number of hydrogen-bond acceptors (Lipinski definition) is 2. The summed E-state index contributed by atoms with van der Waals surface area (Å²) in [7, 11) is 3.89. The molecule has 2 aromatic rings. The summed E-state index contributed by atoms with van der Waals surface area (Å²) in [5, 5.41) is 0. The maximum Gasteiger partial charge on any atom is 0.573 e. The smallest absolute Gasteiger partial charge is 0.406 e. The predicted molar refractivity (Wildman–Crippen MR) is 76.0 cm³/mol. The van der Waals surface area contributed by atoms with Gasteiger partial charge in [0.05, 0.1) is 0 Å². The summed E-state index contributed by atoms with van der Waals surface area (Å²) in [4.78, 5) is 2.01. The Balaban J connectivity index is 2.36. The van der Waals surface area contributed by atoms with Gasteiger partial charge in [-0.2, -0.15) is 0 Å². The van der Waals surface area contributed by atoms with Gasteiger partial charge in [-0.25, -0.2) is 0 Å². The Morgan fingerprint density at radius 1 is 1.00 bits per heavy atom. The number of hydrogen-bond donors (Lipinski definition) is 0. The van der Waals surface area contributed by atoms with E-state index in [2.05, 4.69) is 4.74 Å². The summed E-state index contributed by atoms with van der Waals surface area (Å²) in [6.45, 7) is 0.709. The lowest BCUT2D eigenvalue weighted by molar-refractivity contribution is -0.274. The minimum atomic E-state index is -4.68. The lowest BCUT2D eigenvalue weighted by Gasteiger charge is -2.15. The molecule has 0 saturated carbocycles. The van der Waals surface area contributed by atoms with Crippen LogP contribution in [0.25, 0.3) is 11.1 Å². The molecule has 0 N–H and O–H groups in total. The first-order chi connectivity index (χ1) is 9.85. The highest BCUT2D eigenvalue weighted by atomic mass is 19.4. The standard InChI is InChI=1S/C16H16F3NO/c1-20(2)11-13-6-3-4-9-15(13)12-7-5-8-14(10-12)21-16(17,18)19/h3-10H,11H2,1-2H3. The third-order valence-electron chi connectivity index (χ3n) is 2.88. The molecule has 2 nitrogen and oxygen atoms in total. The molecule has 0 saturated heterocycles. The normalized spacial score (nSPS) is 11.7. The lowest BCUT2D eigenvalue weighted by Crippen LogP contribution is -2.17. The van der Waals surface area contributed by atoms with E-state index < -0.39 is 6.36 Å². The number of benzene rings is 2. The largest absolute Gasteiger partial charge is 0.573 e. The van der Waals surface area contributed by atoms with Crippen LogP contribution in [0.15, 0.2) is 48.5 Å². The van der Waals surface area contributed by atoms with Crippen LogP contribution in [-0.2, 0) is 6.54 Å². The molecule has 0 spiro atoms. The lowest BCUT2D eigenvalue weighted by atomic mass is 9.99. The summed E-state index contributed by atoms with van der Waals surface area (Å²) in [6.07, 6.45) is -4.68. The van der Waals surface area contributed by atoms with Gasteiger partial charge in [0.2, 0.25) is 0 Å². The van der Waals surface area contributed by atoms with Crippen molar-refractivity contribution in [2.75, 3.05) is 14.1 Å². The van der Waals surface area contributed by atoms with E-state index >= 15 is 0 Å². The molecule has 0 aliphatic rings. The Morgan fingerprint density at radius 3 is 2.38 bits per heavy atom. The Labute approximate surface area is 121 Å². The summed E-state index contributed by atoms with van der Waals surface area (Å²) < 4.78 is 40.9. The predicted octanol–water partition coefficient (Wildman–Crippen LogP) is 4.31. The molecule has 5 heteroatoms. The monoisotopic (exact) mass is 295 g/mol. The first-order valence-electron chi connectivity index (χ1n) is 6.44. The Morgan fingerprint density at radius 2 is 1.71 bits per heavy atom. The van der Waals surface area contributed by atoms with Crippen molar-refractivity contribution < 1.29 is 17.9 Å². The fraction of sp³-hybridized carbons (Fsp3) is 0.250. The molecular formula is C16H16F3NO. The zero-order chi connectivity index (χ0) is 15.5. The van der Waals surface area contributed by atoms with Gasteiger partial charge in [0, 0.05) is 6.54 Å². The first kappa shape index (κ1) is 15.4. The molecule has 0 radical (unpaired) electrons. The number of rotatable bonds is 4. The third-order valence-corrected chi connectivity index (χ3v) is 2.88. The molecule has 0 atom stereocenters. The quantitative estimate of drug-likeness (QED) is 0.833. The van der Waals surface area contributed by atoms with Gasteiger partial charge in [-0.05, 0) is 42.9 Å². The maximum atomic E-state index is 12.3. The van der Waals surface area contributed by atoms with E-state index in [9.17, 15) is 13.2 Å². The highest BCUT2D eigenvalue weighted by Gasteiger charge is 2.31. The number of halogens is 3.